The first-order valence-electron chi connectivity index (χ1n) is 13.6. The number of piperidine rings is 3. The van der Waals surface area contributed by atoms with Crippen molar-refractivity contribution >= 4 is 17.5 Å². The highest BCUT2D eigenvalue weighted by Crippen LogP contribution is 2.55. The minimum atomic E-state index is -0.642. The number of carbonyl (C=O) groups excluding carboxylic acids is 2. The first kappa shape index (κ1) is 26.9. The number of methoxy groups -OCH3 is 1. The maximum Gasteiger partial charge on any atom is 0.223 e. The van der Waals surface area contributed by atoms with E-state index in [1.54, 1.807) is 26.0 Å². The zero-order chi connectivity index (χ0) is 27.7. The van der Waals surface area contributed by atoms with Crippen molar-refractivity contribution in [3.63, 3.8) is 0 Å². The van der Waals surface area contributed by atoms with Crippen LogP contribution in [0, 0.1) is 11.8 Å². The van der Waals surface area contributed by atoms with E-state index in [-0.39, 0.29) is 29.8 Å². The molecule has 3 aliphatic rings. The quantitative estimate of drug-likeness (QED) is 0.465. The first-order valence-corrected chi connectivity index (χ1v) is 13.6. The van der Waals surface area contributed by atoms with Gasteiger partial charge in [0.15, 0.2) is 0 Å². The monoisotopic (exact) mass is 526 g/mol. The molecule has 3 aromatic rings. The number of primary amides is 1. The lowest BCUT2D eigenvalue weighted by Crippen LogP contribution is -2.75. The third-order valence-electron chi connectivity index (χ3n) is 8.89. The smallest absolute Gasteiger partial charge is 0.223 e. The van der Waals surface area contributed by atoms with Crippen LogP contribution >= 0.6 is 0 Å². The van der Waals surface area contributed by atoms with Gasteiger partial charge in [0.2, 0.25) is 11.8 Å². The van der Waals surface area contributed by atoms with Crippen LogP contribution in [-0.2, 0) is 21.7 Å². The van der Waals surface area contributed by atoms with Crippen molar-refractivity contribution < 1.29 is 14.3 Å². The molecule has 39 heavy (non-hydrogen) atoms. The number of rotatable bonds is 8. The van der Waals surface area contributed by atoms with Gasteiger partial charge >= 0.3 is 0 Å². The summed E-state index contributed by atoms with van der Waals surface area (Å²) in [6.07, 6.45) is 0.876. The summed E-state index contributed by atoms with van der Waals surface area (Å²) in [6, 6.07) is 26.6. The van der Waals surface area contributed by atoms with Crippen molar-refractivity contribution in [3.05, 3.63) is 95.6 Å². The largest absolute Gasteiger partial charge is 0.496 e. The topological polar surface area (TPSA) is 87.9 Å². The van der Waals surface area contributed by atoms with E-state index in [1.165, 1.54) is 0 Å². The molecule has 0 aliphatic carbocycles. The van der Waals surface area contributed by atoms with Crippen LogP contribution in [0.25, 0.3) is 0 Å². The zero-order valence-corrected chi connectivity index (χ0v) is 23.1. The molecule has 0 radical (unpaired) electrons. The molecule has 7 heteroatoms. The Bertz CT molecular complexity index is 1290. The van der Waals surface area contributed by atoms with E-state index < -0.39 is 11.5 Å². The second-order valence-corrected chi connectivity index (χ2v) is 10.7. The van der Waals surface area contributed by atoms with Crippen molar-refractivity contribution in [2.75, 3.05) is 25.6 Å². The van der Waals surface area contributed by atoms with Gasteiger partial charge in [-0.25, -0.2) is 0 Å². The molecule has 0 saturated carbocycles. The summed E-state index contributed by atoms with van der Waals surface area (Å²) in [6.45, 7) is 5.21. The Morgan fingerprint density at radius 1 is 1.05 bits per heavy atom. The molecule has 6 rings (SSSR count). The van der Waals surface area contributed by atoms with Gasteiger partial charge in [-0.2, -0.15) is 0 Å². The van der Waals surface area contributed by atoms with Crippen LogP contribution in [0.4, 0.5) is 5.69 Å². The Hall–Kier alpha value is -3.68. The third-order valence-corrected chi connectivity index (χ3v) is 8.89. The predicted octanol–water partition coefficient (Wildman–Crippen LogP) is 3.91. The number of ether oxygens (including phenoxy) is 1. The fraction of sp³-hybridized carbons (Fsp3) is 0.375. The minimum absolute atomic E-state index is 0.0347. The highest BCUT2D eigenvalue weighted by molar-refractivity contribution is 5.91. The van der Waals surface area contributed by atoms with Gasteiger partial charge in [-0.1, -0.05) is 60.7 Å². The maximum atomic E-state index is 13.4. The normalized spacial score (nSPS) is 25.2. The predicted molar refractivity (Wildman–Crippen MR) is 153 cm³/mol. The number of hydrogen-bond donors (Lipinski definition) is 2. The number of amides is 2. The van der Waals surface area contributed by atoms with Crippen LogP contribution in [-0.4, -0.2) is 49.5 Å². The maximum absolute atomic E-state index is 13.4. The molecular weight excluding hydrogens is 488 g/mol. The van der Waals surface area contributed by atoms with Crippen LogP contribution in [0.2, 0.25) is 0 Å². The summed E-state index contributed by atoms with van der Waals surface area (Å²) >= 11 is 0. The Morgan fingerprint density at radius 3 is 2.21 bits per heavy atom. The number of hydrogen-bond acceptors (Lipinski definition) is 5. The van der Waals surface area contributed by atoms with Crippen LogP contribution in [0.1, 0.15) is 37.0 Å². The van der Waals surface area contributed by atoms with Crippen molar-refractivity contribution in [2.45, 2.75) is 44.4 Å². The summed E-state index contributed by atoms with van der Waals surface area (Å²) in [5, 5.41) is 3.78. The first-order chi connectivity index (χ1) is 18.8. The van der Waals surface area contributed by atoms with E-state index >= 15 is 0 Å². The molecular formula is C32H38N4O3. The molecule has 3 N–H and O–H groups in total. The lowest BCUT2D eigenvalue weighted by atomic mass is 9.57. The average Bonchev–Trinajstić information content (AvgIpc) is 2.96. The molecule has 0 aromatic heterocycles. The van der Waals surface area contributed by atoms with Gasteiger partial charge in [0.1, 0.15) is 5.75 Å². The molecule has 1 unspecified atom stereocenters. The molecule has 2 bridgehead atoms. The van der Waals surface area contributed by atoms with Crippen LogP contribution < -0.4 is 20.7 Å². The molecule has 3 aromatic carbocycles. The second-order valence-electron chi connectivity index (χ2n) is 10.7. The summed E-state index contributed by atoms with van der Waals surface area (Å²) in [5.74, 6) is 0.0663. The Morgan fingerprint density at radius 2 is 1.67 bits per heavy atom. The number of nitrogens with two attached hydrogens (primary N) is 1. The zero-order valence-electron chi connectivity index (χ0n) is 23.1. The van der Waals surface area contributed by atoms with Crippen molar-refractivity contribution in [2.24, 2.45) is 17.6 Å². The molecule has 2 amide bonds. The molecule has 3 heterocycles. The number of carbonyl (C=O) groups is 2. The Balaban J connectivity index is 1.53. The van der Waals surface area contributed by atoms with Crippen molar-refractivity contribution in [1.29, 1.82) is 0 Å². The van der Waals surface area contributed by atoms with E-state index in [1.807, 2.05) is 54.6 Å². The Labute approximate surface area is 230 Å². The second kappa shape index (κ2) is 10.8. The standard InChI is InChI=1S/C32H38N4O3/c1-21-30(34-20-23-19-26(35(3)22(2)37)15-16-28(23)39-4)27-17-18-36(21)32(29(27)31(33)38,24-11-7-5-8-12-24)25-13-9-6-10-14-25/h5-16,19,21,27,29-30,34H,17-18,20H2,1-4H3,(H2,33,38)/t21-,27-,29-,30+/m0/s1. The number of fused-ring (bicyclic) bond motifs is 3. The number of nitrogens with one attached hydrogen (secondary N) is 1. The summed E-state index contributed by atoms with van der Waals surface area (Å²) in [7, 11) is 3.42. The minimum Gasteiger partial charge on any atom is -0.496 e. The van der Waals surface area contributed by atoms with Gasteiger partial charge in [0.25, 0.3) is 0 Å². The lowest BCUT2D eigenvalue weighted by Gasteiger charge is -2.64. The SMILES string of the molecule is COc1ccc(N(C)C(C)=O)cc1CN[C@H]1[C@H]2CCN([C@H]1C)C(c1ccccc1)(c1ccccc1)[C@@H]2C(N)=O. The van der Waals surface area contributed by atoms with Crippen LogP contribution in [0.5, 0.6) is 5.75 Å². The number of benzene rings is 3. The summed E-state index contributed by atoms with van der Waals surface area (Å²) < 4.78 is 5.65. The molecule has 3 aliphatic heterocycles. The van der Waals surface area contributed by atoms with E-state index in [0.717, 1.165) is 41.1 Å². The van der Waals surface area contributed by atoms with E-state index in [2.05, 4.69) is 41.4 Å². The third kappa shape index (κ3) is 4.49. The van der Waals surface area contributed by atoms with Gasteiger partial charge in [-0.05, 0) is 48.6 Å². The fourth-order valence-corrected chi connectivity index (χ4v) is 7.09. The van der Waals surface area contributed by atoms with Gasteiger partial charge < -0.3 is 20.7 Å². The van der Waals surface area contributed by atoms with Gasteiger partial charge in [-0.3, -0.25) is 14.5 Å². The molecule has 204 valence electrons. The number of nitrogens with zero attached hydrogens (tertiary/aromatic N) is 2. The van der Waals surface area contributed by atoms with Crippen LogP contribution in [0.15, 0.2) is 78.9 Å². The molecule has 5 atom stereocenters. The van der Waals surface area contributed by atoms with Gasteiger partial charge in [-0.15, -0.1) is 0 Å². The number of anilines is 1. The molecule has 3 fully saturated rings. The lowest BCUT2D eigenvalue weighted by molar-refractivity contribution is -0.152. The highest BCUT2D eigenvalue weighted by Gasteiger charge is 2.62. The highest BCUT2D eigenvalue weighted by atomic mass is 16.5. The van der Waals surface area contributed by atoms with E-state index in [0.29, 0.717) is 6.54 Å². The fourth-order valence-electron chi connectivity index (χ4n) is 7.09. The van der Waals surface area contributed by atoms with E-state index in [9.17, 15) is 9.59 Å². The Kier molecular flexibility index (Phi) is 7.47. The average molecular weight is 527 g/mol. The van der Waals surface area contributed by atoms with Crippen molar-refractivity contribution in [3.8, 4) is 5.75 Å². The van der Waals surface area contributed by atoms with Gasteiger partial charge in [0.05, 0.1) is 18.6 Å². The summed E-state index contributed by atoms with van der Waals surface area (Å²) in [5.41, 5.74) is 9.61. The molecule has 3 saturated heterocycles. The van der Waals surface area contributed by atoms with E-state index in [4.69, 9.17) is 10.5 Å². The van der Waals surface area contributed by atoms with Gasteiger partial charge in [0, 0.05) is 50.4 Å². The molecule has 0 spiro atoms. The van der Waals surface area contributed by atoms with Crippen molar-refractivity contribution in [1.82, 2.24) is 10.2 Å². The summed E-state index contributed by atoms with van der Waals surface area (Å²) in [4.78, 5) is 29.5. The molecule has 7 nitrogen and oxygen atoms in total. The van der Waals surface area contributed by atoms with Crippen LogP contribution in [0.3, 0.4) is 0 Å².